The maximum Gasteiger partial charge on any atom is 0.258 e. The predicted octanol–water partition coefficient (Wildman–Crippen LogP) is 4.15. The molecule has 3 rings (SSSR count). The highest BCUT2D eigenvalue weighted by atomic mass is 35.5. The smallest absolute Gasteiger partial charge is 0.258 e. The number of carbonyl (C=O) groups is 3. The minimum atomic E-state index is -0.432. The van der Waals surface area contributed by atoms with E-state index in [2.05, 4.69) is 15.6 Å². The number of amides is 3. The lowest BCUT2D eigenvalue weighted by Gasteiger charge is -2.21. The summed E-state index contributed by atoms with van der Waals surface area (Å²) in [7, 11) is 3.58. The molecule has 9 heteroatoms. The van der Waals surface area contributed by atoms with Crippen LogP contribution in [-0.2, 0) is 4.79 Å². The Kier molecular flexibility index (Phi) is 8.34. The number of para-hydroxylation sites is 1. The van der Waals surface area contributed by atoms with Gasteiger partial charge in [-0.2, -0.15) is 0 Å². The Morgan fingerprint density at radius 1 is 0.941 bits per heavy atom. The third-order valence-electron chi connectivity index (χ3n) is 5.22. The molecule has 0 unspecified atom stereocenters. The number of nitrogens with one attached hydrogen (secondary N) is 2. The molecule has 3 aromatic rings. The Labute approximate surface area is 203 Å². The number of nitrogens with zero attached hydrogens (tertiary/aromatic N) is 3. The van der Waals surface area contributed by atoms with Gasteiger partial charge in [0, 0.05) is 29.5 Å². The Hall–Kier alpha value is -3.75. The lowest BCUT2D eigenvalue weighted by atomic mass is 10.1. The molecular weight excluding hydrogens is 454 g/mol. The normalized spacial score (nSPS) is 10.6. The highest BCUT2D eigenvalue weighted by Crippen LogP contribution is 2.20. The van der Waals surface area contributed by atoms with Crippen molar-refractivity contribution < 1.29 is 14.4 Å². The predicted molar refractivity (Wildman–Crippen MR) is 135 cm³/mol. The minimum Gasteiger partial charge on any atom is -0.321 e. The second kappa shape index (κ2) is 11.4. The maximum absolute atomic E-state index is 12.8. The standard InChI is InChI=1S/C25H26ClN5O3/c1-4-30(2)16-23(32)31(3)19-11-9-17(10-12-19)24(33)28-21-8-6-5-7-20(21)25(34)29-22-15-18(26)13-14-27-22/h5-15H,4,16H2,1-3H3,(H,28,33)(H,27,29,34). The van der Waals surface area contributed by atoms with Crippen molar-refractivity contribution >= 4 is 46.5 Å². The minimum absolute atomic E-state index is 0.0457. The van der Waals surface area contributed by atoms with Crippen LogP contribution < -0.4 is 15.5 Å². The van der Waals surface area contributed by atoms with E-state index in [1.54, 1.807) is 66.5 Å². The molecule has 1 heterocycles. The van der Waals surface area contributed by atoms with Crippen LogP contribution in [-0.4, -0.2) is 54.8 Å². The summed E-state index contributed by atoms with van der Waals surface area (Å²) >= 11 is 5.95. The average molecular weight is 480 g/mol. The van der Waals surface area contributed by atoms with Gasteiger partial charge in [0.2, 0.25) is 5.91 Å². The average Bonchev–Trinajstić information content (AvgIpc) is 2.83. The molecule has 0 atom stereocenters. The van der Waals surface area contributed by atoms with Gasteiger partial charge in [-0.15, -0.1) is 0 Å². The molecule has 0 saturated heterocycles. The van der Waals surface area contributed by atoms with Crippen molar-refractivity contribution in [3.05, 3.63) is 83.0 Å². The third kappa shape index (κ3) is 6.40. The molecule has 2 aromatic carbocycles. The highest BCUT2D eigenvalue weighted by molar-refractivity contribution is 6.30. The third-order valence-corrected chi connectivity index (χ3v) is 5.45. The number of aromatic nitrogens is 1. The summed E-state index contributed by atoms with van der Waals surface area (Å²) in [6.45, 7) is 3.06. The first kappa shape index (κ1) is 24.9. The van der Waals surface area contributed by atoms with Crippen LogP contribution in [0, 0.1) is 0 Å². The highest BCUT2D eigenvalue weighted by Gasteiger charge is 2.16. The Morgan fingerprint density at radius 3 is 2.32 bits per heavy atom. The zero-order chi connectivity index (χ0) is 24.7. The lowest BCUT2D eigenvalue weighted by molar-refractivity contribution is -0.119. The molecule has 0 spiro atoms. The van der Waals surface area contributed by atoms with Crippen molar-refractivity contribution in [1.82, 2.24) is 9.88 Å². The summed E-state index contributed by atoms with van der Waals surface area (Å²) in [4.78, 5) is 45.5. The van der Waals surface area contributed by atoms with Gasteiger partial charge >= 0.3 is 0 Å². The first-order chi connectivity index (χ1) is 16.3. The molecule has 8 nitrogen and oxygen atoms in total. The van der Waals surface area contributed by atoms with E-state index in [1.807, 2.05) is 18.9 Å². The zero-order valence-electron chi connectivity index (χ0n) is 19.2. The van der Waals surface area contributed by atoms with Crippen molar-refractivity contribution in [3.63, 3.8) is 0 Å². The van der Waals surface area contributed by atoms with E-state index in [-0.39, 0.29) is 17.4 Å². The number of hydrogen-bond acceptors (Lipinski definition) is 5. The number of likely N-dealkylation sites (N-methyl/N-ethyl adjacent to an activating group) is 2. The van der Waals surface area contributed by atoms with Gasteiger partial charge in [0.25, 0.3) is 11.8 Å². The first-order valence-corrected chi connectivity index (χ1v) is 11.0. The van der Waals surface area contributed by atoms with E-state index >= 15 is 0 Å². The SMILES string of the molecule is CCN(C)CC(=O)N(C)c1ccc(C(=O)Nc2ccccc2C(=O)Nc2cc(Cl)ccn2)cc1. The largest absolute Gasteiger partial charge is 0.321 e. The number of benzene rings is 2. The van der Waals surface area contributed by atoms with E-state index in [0.717, 1.165) is 6.54 Å². The fraction of sp³-hybridized carbons (Fsp3) is 0.200. The van der Waals surface area contributed by atoms with Crippen molar-refractivity contribution in [2.45, 2.75) is 6.92 Å². The van der Waals surface area contributed by atoms with Crippen molar-refractivity contribution in [2.24, 2.45) is 0 Å². The fourth-order valence-electron chi connectivity index (χ4n) is 3.07. The molecule has 3 amide bonds. The van der Waals surface area contributed by atoms with Gasteiger partial charge in [-0.3, -0.25) is 19.3 Å². The quantitative estimate of drug-likeness (QED) is 0.506. The summed E-state index contributed by atoms with van der Waals surface area (Å²) in [5.74, 6) is -0.556. The van der Waals surface area contributed by atoms with E-state index in [4.69, 9.17) is 11.6 Å². The van der Waals surface area contributed by atoms with Crippen molar-refractivity contribution in [2.75, 3.05) is 42.7 Å². The second-order valence-electron chi connectivity index (χ2n) is 7.64. The van der Waals surface area contributed by atoms with E-state index in [9.17, 15) is 14.4 Å². The Bertz CT molecular complexity index is 1180. The zero-order valence-corrected chi connectivity index (χ0v) is 20.0. The van der Waals surface area contributed by atoms with Crippen LogP contribution in [0.5, 0.6) is 0 Å². The summed E-state index contributed by atoms with van der Waals surface area (Å²) in [6.07, 6.45) is 1.49. The molecule has 0 bridgehead atoms. The Balaban J connectivity index is 1.70. The Morgan fingerprint density at radius 2 is 1.65 bits per heavy atom. The number of halogens is 1. The molecule has 0 fully saturated rings. The van der Waals surface area contributed by atoms with Crippen LogP contribution in [0.15, 0.2) is 66.9 Å². The van der Waals surface area contributed by atoms with Crippen LogP contribution in [0.3, 0.4) is 0 Å². The first-order valence-electron chi connectivity index (χ1n) is 10.7. The van der Waals surface area contributed by atoms with Crippen LogP contribution in [0.4, 0.5) is 17.2 Å². The van der Waals surface area contributed by atoms with Gasteiger partial charge in [-0.05, 0) is 62.1 Å². The van der Waals surface area contributed by atoms with Gasteiger partial charge < -0.3 is 15.5 Å². The molecule has 0 saturated carbocycles. The van der Waals surface area contributed by atoms with Gasteiger partial charge in [-0.1, -0.05) is 30.7 Å². The van der Waals surface area contributed by atoms with Gasteiger partial charge in [0.15, 0.2) is 0 Å². The monoisotopic (exact) mass is 479 g/mol. The van der Waals surface area contributed by atoms with Crippen LogP contribution in [0.25, 0.3) is 0 Å². The molecule has 0 aliphatic rings. The fourth-order valence-corrected chi connectivity index (χ4v) is 3.23. The van der Waals surface area contributed by atoms with Crippen LogP contribution in [0.2, 0.25) is 5.02 Å². The number of hydrogen-bond donors (Lipinski definition) is 2. The number of carbonyl (C=O) groups excluding carboxylic acids is 3. The summed E-state index contributed by atoms with van der Waals surface area (Å²) in [5.41, 5.74) is 1.70. The van der Waals surface area contributed by atoms with Crippen LogP contribution in [0.1, 0.15) is 27.6 Å². The molecule has 0 aliphatic carbocycles. The van der Waals surface area contributed by atoms with Gasteiger partial charge in [0.05, 0.1) is 17.8 Å². The molecule has 0 radical (unpaired) electrons. The van der Waals surface area contributed by atoms with Gasteiger partial charge in [-0.25, -0.2) is 4.98 Å². The number of pyridine rings is 1. The number of anilines is 3. The maximum atomic E-state index is 12.8. The van der Waals surface area contributed by atoms with Crippen molar-refractivity contribution in [3.8, 4) is 0 Å². The van der Waals surface area contributed by atoms with E-state index in [0.29, 0.717) is 34.3 Å². The molecule has 0 aliphatic heterocycles. The molecule has 176 valence electrons. The second-order valence-corrected chi connectivity index (χ2v) is 8.08. The molecule has 34 heavy (non-hydrogen) atoms. The summed E-state index contributed by atoms with van der Waals surface area (Å²) < 4.78 is 0. The van der Waals surface area contributed by atoms with Gasteiger partial charge in [0.1, 0.15) is 5.82 Å². The van der Waals surface area contributed by atoms with E-state index in [1.165, 1.54) is 12.3 Å². The number of rotatable bonds is 8. The molecular formula is C25H26ClN5O3. The van der Waals surface area contributed by atoms with E-state index < -0.39 is 5.91 Å². The van der Waals surface area contributed by atoms with Crippen LogP contribution >= 0.6 is 11.6 Å². The lowest BCUT2D eigenvalue weighted by Crippen LogP contribution is -2.36. The summed E-state index contributed by atoms with van der Waals surface area (Å²) in [6, 6.07) is 16.5. The topological polar surface area (TPSA) is 94.6 Å². The molecule has 2 N–H and O–H groups in total. The summed E-state index contributed by atoms with van der Waals surface area (Å²) in [5, 5.41) is 5.89. The van der Waals surface area contributed by atoms with Crippen molar-refractivity contribution in [1.29, 1.82) is 0 Å². The molecule has 1 aromatic heterocycles.